The van der Waals surface area contributed by atoms with Gasteiger partial charge in [0.25, 0.3) is 0 Å². The average molecular weight is 386 g/mol. The van der Waals surface area contributed by atoms with Gasteiger partial charge in [-0.25, -0.2) is 0 Å². The van der Waals surface area contributed by atoms with Gasteiger partial charge in [-0.2, -0.15) is 5.26 Å². The Hall–Kier alpha value is -1.90. The highest BCUT2D eigenvalue weighted by Crippen LogP contribution is 2.32. The van der Waals surface area contributed by atoms with E-state index in [2.05, 4.69) is 26.9 Å². The summed E-state index contributed by atoms with van der Waals surface area (Å²) in [6, 6.07) is 9.86. The molecule has 0 radical (unpaired) electrons. The predicted octanol–water partition coefficient (Wildman–Crippen LogP) is 2.89. The summed E-state index contributed by atoms with van der Waals surface area (Å²) in [5.74, 6) is -0.205. The molecule has 3 rings (SSSR count). The van der Waals surface area contributed by atoms with Crippen molar-refractivity contribution in [3.63, 3.8) is 0 Å². The van der Waals surface area contributed by atoms with E-state index < -0.39 is 0 Å². The van der Waals surface area contributed by atoms with E-state index in [0.29, 0.717) is 16.5 Å². The van der Waals surface area contributed by atoms with Crippen LogP contribution in [0.1, 0.15) is 24.0 Å². The van der Waals surface area contributed by atoms with E-state index in [1.807, 2.05) is 30.4 Å². The molecule has 2 N–H and O–H groups in total. The number of piperidine rings is 1. The molecule has 1 fully saturated rings. The molecule has 1 aliphatic heterocycles. The number of nitrogens with two attached hydrogens (primary N) is 1. The number of nitrogens with zero attached hydrogens (tertiary/aromatic N) is 2. The third-order valence-corrected chi connectivity index (χ3v) is 5.35. The molecule has 2 aliphatic rings. The first-order valence-electron chi connectivity index (χ1n) is 8.20. The maximum absolute atomic E-state index is 12.8. The van der Waals surface area contributed by atoms with Crippen LogP contribution in [0.5, 0.6) is 0 Å². The Morgan fingerprint density at radius 1 is 1.33 bits per heavy atom. The molecular formula is C19H20BrN3O. The van der Waals surface area contributed by atoms with Gasteiger partial charge in [0.1, 0.15) is 0 Å². The molecule has 1 aromatic carbocycles. The largest absolute Gasteiger partial charge is 0.373 e. The van der Waals surface area contributed by atoms with Gasteiger partial charge in [-0.3, -0.25) is 4.79 Å². The van der Waals surface area contributed by atoms with Gasteiger partial charge >= 0.3 is 0 Å². The Balaban J connectivity index is 1.91. The minimum atomic E-state index is -0.274. The Morgan fingerprint density at radius 3 is 2.88 bits per heavy atom. The summed E-state index contributed by atoms with van der Waals surface area (Å²) in [5.41, 5.74) is 8.68. The fourth-order valence-corrected chi connectivity index (χ4v) is 3.86. The van der Waals surface area contributed by atoms with Gasteiger partial charge < -0.3 is 10.6 Å². The van der Waals surface area contributed by atoms with Crippen molar-refractivity contribution >= 4 is 21.7 Å². The van der Waals surface area contributed by atoms with Crippen LogP contribution in [0.15, 0.2) is 46.6 Å². The summed E-state index contributed by atoms with van der Waals surface area (Å²) in [4.78, 5) is 15.0. The van der Waals surface area contributed by atoms with Crippen molar-refractivity contribution in [3.05, 3.63) is 57.7 Å². The van der Waals surface area contributed by atoms with Gasteiger partial charge in [-0.15, -0.1) is 0 Å². The number of hydrogen-bond acceptors (Lipinski definition) is 4. The highest BCUT2D eigenvalue weighted by molar-refractivity contribution is 9.12. The number of benzene rings is 1. The number of hydrogen-bond donors (Lipinski definition) is 1. The molecule has 124 valence electrons. The van der Waals surface area contributed by atoms with Crippen molar-refractivity contribution in [2.45, 2.75) is 25.3 Å². The van der Waals surface area contributed by atoms with E-state index in [1.54, 1.807) is 6.07 Å². The lowest BCUT2D eigenvalue weighted by molar-refractivity contribution is -0.118. The van der Waals surface area contributed by atoms with Gasteiger partial charge in [0, 0.05) is 24.8 Å². The second kappa shape index (κ2) is 7.33. The van der Waals surface area contributed by atoms with Gasteiger partial charge in [-0.1, -0.05) is 18.2 Å². The van der Waals surface area contributed by atoms with E-state index in [1.165, 1.54) is 0 Å². The van der Waals surface area contributed by atoms with E-state index in [0.717, 1.165) is 37.2 Å². The van der Waals surface area contributed by atoms with Crippen molar-refractivity contribution in [2.75, 3.05) is 13.1 Å². The quantitative estimate of drug-likeness (QED) is 0.867. The van der Waals surface area contributed by atoms with E-state index in [9.17, 15) is 10.1 Å². The molecule has 0 saturated carbocycles. The molecule has 1 unspecified atom stereocenters. The summed E-state index contributed by atoms with van der Waals surface area (Å²) in [6.07, 6.45) is 6.44. The minimum absolute atomic E-state index is 0.0689. The van der Waals surface area contributed by atoms with Crippen LogP contribution in [0.4, 0.5) is 0 Å². The highest BCUT2D eigenvalue weighted by atomic mass is 79.9. The molecular weight excluding hydrogens is 366 g/mol. The Morgan fingerprint density at radius 2 is 2.12 bits per heavy atom. The summed E-state index contributed by atoms with van der Waals surface area (Å²) in [5, 5.41) is 9.32. The number of nitriles is 1. The van der Waals surface area contributed by atoms with Crippen LogP contribution in [0.25, 0.3) is 0 Å². The molecule has 0 amide bonds. The maximum atomic E-state index is 12.8. The second-order valence-corrected chi connectivity index (χ2v) is 7.20. The van der Waals surface area contributed by atoms with Crippen LogP contribution in [0, 0.1) is 17.2 Å². The number of halogens is 1. The molecule has 0 spiro atoms. The summed E-state index contributed by atoms with van der Waals surface area (Å²) in [7, 11) is 0. The van der Waals surface area contributed by atoms with Gasteiger partial charge in [-0.05, 0) is 59.0 Å². The number of likely N-dealkylation sites (tertiary alicyclic amines) is 1. The van der Waals surface area contributed by atoms with Crippen molar-refractivity contribution in [3.8, 4) is 6.07 Å². The molecule has 1 saturated heterocycles. The number of rotatable bonds is 3. The van der Waals surface area contributed by atoms with Crippen molar-refractivity contribution in [1.29, 1.82) is 5.26 Å². The maximum Gasteiger partial charge on any atom is 0.179 e. The number of allylic oxidation sites excluding steroid dienone is 4. The number of carbonyl (C=O) groups excluding carboxylic acids is 1. The van der Waals surface area contributed by atoms with Crippen molar-refractivity contribution in [2.24, 2.45) is 11.7 Å². The smallest absolute Gasteiger partial charge is 0.179 e. The molecule has 2 atom stereocenters. The average Bonchev–Trinajstić information content (AvgIpc) is 2.59. The fourth-order valence-electron chi connectivity index (χ4n) is 3.45. The lowest BCUT2D eigenvalue weighted by Gasteiger charge is -2.38. The number of carbonyl (C=O) groups is 1. The predicted molar refractivity (Wildman–Crippen MR) is 97.2 cm³/mol. The third kappa shape index (κ3) is 3.45. The first kappa shape index (κ1) is 16.9. The van der Waals surface area contributed by atoms with Crippen LogP contribution in [0.2, 0.25) is 0 Å². The van der Waals surface area contributed by atoms with Crippen LogP contribution in [-0.4, -0.2) is 29.8 Å². The normalized spacial score (nSPS) is 24.2. The molecule has 5 heteroatoms. The third-order valence-electron chi connectivity index (χ3n) is 4.69. The lowest BCUT2D eigenvalue weighted by atomic mass is 9.86. The van der Waals surface area contributed by atoms with Crippen molar-refractivity contribution < 1.29 is 4.79 Å². The summed E-state index contributed by atoms with van der Waals surface area (Å²) >= 11 is 3.37. The summed E-state index contributed by atoms with van der Waals surface area (Å²) in [6.45, 7) is 1.70. The first-order chi connectivity index (χ1) is 11.6. The second-order valence-electron chi connectivity index (χ2n) is 6.34. The van der Waals surface area contributed by atoms with Crippen molar-refractivity contribution in [1.82, 2.24) is 4.90 Å². The fraction of sp³-hybridized carbons (Fsp3) is 0.368. The van der Waals surface area contributed by atoms with Gasteiger partial charge in [0.15, 0.2) is 5.78 Å². The molecule has 4 nitrogen and oxygen atoms in total. The van der Waals surface area contributed by atoms with Crippen LogP contribution >= 0.6 is 15.9 Å². The van der Waals surface area contributed by atoms with E-state index in [4.69, 9.17) is 5.73 Å². The zero-order valence-electron chi connectivity index (χ0n) is 13.4. The molecule has 1 heterocycles. The zero-order chi connectivity index (χ0) is 17.1. The van der Waals surface area contributed by atoms with Crippen LogP contribution < -0.4 is 5.73 Å². The summed E-state index contributed by atoms with van der Waals surface area (Å²) < 4.78 is 0.590. The lowest BCUT2D eigenvalue weighted by Crippen LogP contribution is -2.45. The number of Topliss-reactive ketones (excluding diaryl/α,β-unsaturated/α-hetero) is 1. The monoisotopic (exact) mass is 385 g/mol. The van der Waals surface area contributed by atoms with E-state index in [-0.39, 0.29) is 17.7 Å². The minimum Gasteiger partial charge on any atom is -0.373 e. The Bertz CT molecular complexity index is 747. The Kier molecular flexibility index (Phi) is 5.17. The SMILES string of the molecule is N#Cc1ccccc1CC1C(=O)C(Br)=CC=C1N1CCC[C@@H](N)C1. The topological polar surface area (TPSA) is 70.1 Å². The van der Waals surface area contributed by atoms with Crippen LogP contribution in [-0.2, 0) is 11.2 Å². The highest BCUT2D eigenvalue weighted by Gasteiger charge is 2.32. The molecule has 0 aromatic heterocycles. The standard InChI is InChI=1S/C19H20BrN3O/c20-17-7-8-18(23-9-3-6-15(22)12-23)16(19(17)24)10-13-4-1-2-5-14(13)11-21/h1-2,4-5,7-8,15-16H,3,6,9-10,12,22H2/t15-,16?/m1/s1. The van der Waals surface area contributed by atoms with Gasteiger partial charge in [0.05, 0.1) is 22.0 Å². The molecule has 24 heavy (non-hydrogen) atoms. The molecule has 1 aromatic rings. The Labute approximate surface area is 150 Å². The first-order valence-corrected chi connectivity index (χ1v) is 8.99. The number of ketones is 1. The van der Waals surface area contributed by atoms with Crippen LogP contribution in [0.3, 0.4) is 0 Å². The zero-order valence-corrected chi connectivity index (χ0v) is 15.0. The molecule has 1 aliphatic carbocycles. The van der Waals surface area contributed by atoms with E-state index >= 15 is 0 Å². The molecule has 0 bridgehead atoms. The van der Waals surface area contributed by atoms with Gasteiger partial charge in [0.2, 0.25) is 0 Å².